The smallest absolute Gasteiger partial charge is 0.0372 e. The molecule has 1 aliphatic carbocycles. The normalized spacial score (nSPS) is 19.8. The van der Waals surface area contributed by atoms with Crippen LogP contribution in [0.2, 0.25) is 0 Å². The number of hydrogen-bond donors (Lipinski definition) is 1. The van der Waals surface area contributed by atoms with E-state index in [1.165, 1.54) is 48.8 Å². The van der Waals surface area contributed by atoms with Crippen molar-refractivity contribution in [3.63, 3.8) is 0 Å². The van der Waals surface area contributed by atoms with Crippen LogP contribution in [0.15, 0.2) is 18.2 Å². The maximum atomic E-state index is 3.62. The van der Waals surface area contributed by atoms with Crippen LogP contribution < -0.4 is 5.32 Å². The average Bonchev–Trinajstić information content (AvgIpc) is 2.48. The predicted octanol–water partition coefficient (Wildman–Crippen LogP) is 5.04. The van der Waals surface area contributed by atoms with Gasteiger partial charge in [-0.2, -0.15) is 0 Å². The topological polar surface area (TPSA) is 12.0 Å². The monoisotopic (exact) mass is 273 g/mol. The summed E-state index contributed by atoms with van der Waals surface area (Å²) in [5.41, 5.74) is 4.96. The van der Waals surface area contributed by atoms with Crippen LogP contribution in [-0.2, 0) is 12.8 Å². The summed E-state index contributed by atoms with van der Waals surface area (Å²) in [5, 5.41) is 3.62. The lowest BCUT2D eigenvalue weighted by molar-refractivity contribution is 0.150. The molecule has 0 aliphatic heterocycles. The third kappa shape index (κ3) is 3.09. The van der Waals surface area contributed by atoms with Crippen molar-refractivity contribution in [2.75, 3.05) is 7.05 Å². The van der Waals surface area contributed by atoms with Crippen molar-refractivity contribution in [1.82, 2.24) is 5.32 Å². The summed E-state index contributed by atoms with van der Waals surface area (Å²) in [6, 6.07) is 7.67. The summed E-state index contributed by atoms with van der Waals surface area (Å²) in [6.07, 6.45) is 9.20. The van der Waals surface area contributed by atoms with Crippen LogP contribution in [0.4, 0.5) is 0 Å². The van der Waals surface area contributed by atoms with Gasteiger partial charge >= 0.3 is 0 Å². The number of hydrogen-bond acceptors (Lipinski definition) is 1. The molecular weight excluding hydrogens is 242 g/mol. The standard InChI is InChI=1S/C19H31N/c1-5-15-10-11-17(14-16(15)6-2)18(20-4)19(3)12-8-7-9-13-19/h10-11,14,18,20H,5-9,12-13H2,1-4H3. The van der Waals surface area contributed by atoms with Gasteiger partial charge in [-0.25, -0.2) is 0 Å². The van der Waals surface area contributed by atoms with Gasteiger partial charge in [-0.05, 0) is 54.8 Å². The zero-order valence-corrected chi connectivity index (χ0v) is 13.8. The molecular formula is C19H31N. The molecule has 1 atom stereocenters. The minimum atomic E-state index is 0.422. The molecule has 20 heavy (non-hydrogen) atoms. The van der Waals surface area contributed by atoms with Gasteiger partial charge < -0.3 is 5.32 Å². The first-order chi connectivity index (χ1) is 9.64. The molecule has 1 N–H and O–H groups in total. The van der Waals surface area contributed by atoms with Gasteiger partial charge in [0.25, 0.3) is 0 Å². The highest BCUT2D eigenvalue weighted by atomic mass is 14.9. The number of rotatable bonds is 5. The highest BCUT2D eigenvalue weighted by Gasteiger charge is 2.35. The van der Waals surface area contributed by atoms with Crippen LogP contribution >= 0.6 is 0 Å². The van der Waals surface area contributed by atoms with Crippen LogP contribution in [-0.4, -0.2) is 7.05 Å². The number of benzene rings is 1. The van der Waals surface area contributed by atoms with Crippen molar-refractivity contribution >= 4 is 0 Å². The van der Waals surface area contributed by atoms with Crippen LogP contribution in [0.25, 0.3) is 0 Å². The fourth-order valence-corrected chi connectivity index (χ4v) is 4.07. The summed E-state index contributed by atoms with van der Waals surface area (Å²) in [4.78, 5) is 0. The van der Waals surface area contributed by atoms with Crippen molar-refractivity contribution in [3.05, 3.63) is 34.9 Å². The Hall–Kier alpha value is -0.820. The second kappa shape index (κ2) is 6.76. The second-order valence-corrected chi connectivity index (χ2v) is 6.67. The maximum Gasteiger partial charge on any atom is 0.0372 e. The molecule has 1 aliphatic rings. The van der Waals surface area contributed by atoms with E-state index in [0.29, 0.717) is 11.5 Å². The Kier molecular flexibility index (Phi) is 5.26. The van der Waals surface area contributed by atoms with E-state index in [1.54, 1.807) is 0 Å². The fraction of sp³-hybridized carbons (Fsp3) is 0.684. The zero-order chi connectivity index (χ0) is 14.6. The quantitative estimate of drug-likeness (QED) is 0.792. The molecule has 1 nitrogen and oxygen atoms in total. The number of aryl methyl sites for hydroxylation is 2. The van der Waals surface area contributed by atoms with Crippen molar-refractivity contribution < 1.29 is 0 Å². The Balaban J connectivity index is 2.31. The fourth-order valence-electron chi connectivity index (χ4n) is 4.07. The summed E-state index contributed by atoms with van der Waals surface area (Å²) >= 11 is 0. The SMILES string of the molecule is CCc1ccc(C(NC)C2(C)CCCCC2)cc1CC. The Labute approximate surface area is 125 Å². The largest absolute Gasteiger partial charge is 0.313 e. The van der Waals surface area contributed by atoms with Gasteiger partial charge in [-0.3, -0.25) is 0 Å². The van der Waals surface area contributed by atoms with Crippen molar-refractivity contribution in [2.45, 2.75) is 71.8 Å². The van der Waals surface area contributed by atoms with Crippen LogP contribution in [0.5, 0.6) is 0 Å². The molecule has 1 aromatic rings. The Morgan fingerprint density at radius 2 is 1.70 bits per heavy atom. The Morgan fingerprint density at radius 1 is 1.05 bits per heavy atom. The van der Waals surface area contributed by atoms with E-state index >= 15 is 0 Å². The van der Waals surface area contributed by atoms with Crippen molar-refractivity contribution in [3.8, 4) is 0 Å². The summed E-state index contributed by atoms with van der Waals surface area (Å²) in [7, 11) is 2.13. The Morgan fingerprint density at radius 3 is 2.25 bits per heavy atom. The first-order valence-electron chi connectivity index (χ1n) is 8.43. The lowest BCUT2D eigenvalue weighted by atomic mass is 9.68. The van der Waals surface area contributed by atoms with Crippen LogP contribution in [0, 0.1) is 5.41 Å². The third-order valence-electron chi connectivity index (χ3n) is 5.31. The lowest BCUT2D eigenvalue weighted by Gasteiger charge is -2.41. The molecule has 1 fully saturated rings. The van der Waals surface area contributed by atoms with E-state index in [2.05, 4.69) is 51.3 Å². The third-order valence-corrected chi connectivity index (χ3v) is 5.31. The van der Waals surface area contributed by atoms with Crippen LogP contribution in [0.3, 0.4) is 0 Å². The highest BCUT2D eigenvalue weighted by Crippen LogP contribution is 2.45. The van der Waals surface area contributed by atoms with Gasteiger partial charge in [0.15, 0.2) is 0 Å². The molecule has 1 saturated carbocycles. The van der Waals surface area contributed by atoms with E-state index in [0.717, 1.165) is 12.8 Å². The van der Waals surface area contributed by atoms with Gasteiger partial charge in [0.1, 0.15) is 0 Å². The zero-order valence-electron chi connectivity index (χ0n) is 13.8. The molecule has 0 amide bonds. The minimum Gasteiger partial charge on any atom is -0.313 e. The molecule has 1 unspecified atom stereocenters. The minimum absolute atomic E-state index is 0.422. The molecule has 0 radical (unpaired) electrons. The molecule has 1 heteroatoms. The molecule has 112 valence electrons. The van der Waals surface area contributed by atoms with Gasteiger partial charge in [0.05, 0.1) is 0 Å². The predicted molar refractivity (Wildman–Crippen MR) is 88.2 cm³/mol. The van der Waals surface area contributed by atoms with E-state index in [4.69, 9.17) is 0 Å². The molecule has 0 spiro atoms. The molecule has 1 aromatic carbocycles. The van der Waals surface area contributed by atoms with Crippen LogP contribution in [0.1, 0.15) is 75.6 Å². The highest BCUT2D eigenvalue weighted by molar-refractivity contribution is 5.34. The Bertz CT molecular complexity index is 429. The number of nitrogens with one attached hydrogen (secondary N) is 1. The summed E-state index contributed by atoms with van der Waals surface area (Å²) < 4.78 is 0. The average molecular weight is 273 g/mol. The first-order valence-corrected chi connectivity index (χ1v) is 8.43. The summed E-state index contributed by atoms with van der Waals surface area (Å²) in [5.74, 6) is 0. The van der Waals surface area contributed by atoms with E-state index < -0.39 is 0 Å². The van der Waals surface area contributed by atoms with Gasteiger partial charge in [0.2, 0.25) is 0 Å². The van der Waals surface area contributed by atoms with Gasteiger partial charge in [-0.1, -0.05) is 58.2 Å². The lowest BCUT2D eigenvalue weighted by Crippen LogP contribution is -2.36. The molecule has 2 rings (SSSR count). The van der Waals surface area contributed by atoms with Gasteiger partial charge in [-0.15, -0.1) is 0 Å². The molecule has 0 bridgehead atoms. The van der Waals surface area contributed by atoms with Gasteiger partial charge in [0, 0.05) is 6.04 Å². The van der Waals surface area contributed by atoms with E-state index in [9.17, 15) is 0 Å². The van der Waals surface area contributed by atoms with Crippen molar-refractivity contribution in [1.29, 1.82) is 0 Å². The second-order valence-electron chi connectivity index (χ2n) is 6.67. The summed E-state index contributed by atoms with van der Waals surface area (Å²) in [6.45, 7) is 7.01. The first kappa shape index (κ1) is 15.6. The van der Waals surface area contributed by atoms with E-state index in [-0.39, 0.29) is 0 Å². The van der Waals surface area contributed by atoms with E-state index in [1.807, 2.05) is 0 Å². The maximum absolute atomic E-state index is 3.62. The molecule has 0 aromatic heterocycles. The molecule has 0 saturated heterocycles. The molecule has 0 heterocycles. The van der Waals surface area contributed by atoms with Crippen molar-refractivity contribution in [2.24, 2.45) is 5.41 Å².